The van der Waals surface area contributed by atoms with Crippen LogP contribution in [0.3, 0.4) is 0 Å². The Balaban J connectivity index is 2.58. The van der Waals surface area contributed by atoms with Gasteiger partial charge < -0.3 is 14.4 Å². The van der Waals surface area contributed by atoms with E-state index < -0.39 is 17.7 Å². The molecule has 0 aliphatic heterocycles. The van der Waals surface area contributed by atoms with Gasteiger partial charge in [0.15, 0.2) is 0 Å². The van der Waals surface area contributed by atoms with Crippen LogP contribution in [0, 0.1) is 6.92 Å². The molecule has 0 radical (unpaired) electrons. The molecule has 0 aliphatic rings. The fourth-order valence-corrected chi connectivity index (χ4v) is 1.95. The molecule has 106 valence electrons. The number of carbonyl (C=O) groups is 1. The highest BCUT2D eigenvalue weighted by Gasteiger charge is 2.31. The van der Waals surface area contributed by atoms with E-state index in [2.05, 4.69) is 5.16 Å². The summed E-state index contributed by atoms with van der Waals surface area (Å²) in [4.78, 5) is 11.0. The van der Waals surface area contributed by atoms with Crippen LogP contribution >= 0.6 is 11.6 Å². The van der Waals surface area contributed by atoms with Crippen molar-refractivity contribution in [1.82, 2.24) is 5.16 Å². The minimum absolute atomic E-state index is 0.0176. The Morgan fingerprint density at radius 1 is 1.40 bits per heavy atom. The first kappa shape index (κ1) is 14.4. The van der Waals surface area contributed by atoms with E-state index in [0.717, 1.165) is 12.1 Å². The van der Waals surface area contributed by atoms with Crippen LogP contribution in [0.4, 0.5) is 13.2 Å². The van der Waals surface area contributed by atoms with Gasteiger partial charge in [-0.1, -0.05) is 22.8 Å². The number of aromatic carboxylic acids is 1. The zero-order valence-electron chi connectivity index (χ0n) is 9.92. The molecule has 1 aromatic heterocycles. The lowest BCUT2D eigenvalue weighted by Crippen LogP contribution is -2.23. The molecule has 20 heavy (non-hydrogen) atoms. The Hall–Kier alpha value is -2.02. The number of aryl methyl sites for hydroxylation is 1. The smallest absolute Gasteiger partial charge is 0.416 e. The molecule has 0 saturated carbocycles. The molecule has 0 spiro atoms. The molecule has 0 bridgehead atoms. The summed E-state index contributed by atoms with van der Waals surface area (Å²) in [5.41, 5.74) is -1.43. The SMILES string of the molecule is Cc1onc(-c2ccc(C(F)(F)F)cc2Cl)c1C(=O)[O-]. The largest absolute Gasteiger partial charge is 0.545 e. The van der Waals surface area contributed by atoms with Crippen LogP contribution in [0.1, 0.15) is 21.7 Å². The van der Waals surface area contributed by atoms with E-state index in [1.54, 1.807) is 0 Å². The quantitative estimate of drug-likeness (QED) is 0.855. The average Bonchev–Trinajstić information content (AvgIpc) is 2.69. The number of carbonyl (C=O) groups excluding carboxylic acids is 1. The van der Waals surface area contributed by atoms with Crippen molar-refractivity contribution in [2.45, 2.75) is 13.1 Å². The maximum absolute atomic E-state index is 12.5. The molecule has 1 heterocycles. The van der Waals surface area contributed by atoms with E-state index in [0.29, 0.717) is 6.07 Å². The number of rotatable bonds is 2. The van der Waals surface area contributed by atoms with E-state index in [1.165, 1.54) is 6.92 Å². The molecular weight excluding hydrogens is 299 g/mol. The molecule has 0 atom stereocenters. The van der Waals surface area contributed by atoms with E-state index in [1.807, 2.05) is 0 Å². The number of carboxylic acid groups (broad SMARTS) is 1. The topological polar surface area (TPSA) is 66.2 Å². The fourth-order valence-electron chi connectivity index (χ4n) is 1.68. The highest BCUT2D eigenvalue weighted by molar-refractivity contribution is 6.33. The van der Waals surface area contributed by atoms with Crippen LogP contribution in [-0.4, -0.2) is 11.1 Å². The number of alkyl halides is 3. The molecule has 1 aromatic carbocycles. The summed E-state index contributed by atoms with van der Waals surface area (Å²) in [5, 5.41) is 14.2. The summed E-state index contributed by atoms with van der Waals surface area (Å²) in [6.07, 6.45) is -4.54. The second-order valence-electron chi connectivity index (χ2n) is 3.94. The molecule has 0 unspecified atom stereocenters. The molecule has 8 heteroatoms. The lowest BCUT2D eigenvalue weighted by atomic mass is 10.0. The van der Waals surface area contributed by atoms with E-state index in [4.69, 9.17) is 16.1 Å². The third kappa shape index (κ3) is 2.49. The predicted molar refractivity (Wildman–Crippen MR) is 61.0 cm³/mol. The third-order valence-corrected chi connectivity index (χ3v) is 2.93. The summed E-state index contributed by atoms with van der Waals surface area (Å²) in [6.45, 7) is 1.35. The number of aromatic nitrogens is 1. The Morgan fingerprint density at radius 3 is 2.55 bits per heavy atom. The maximum atomic E-state index is 12.5. The zero-order valence-corrected chi connectivity index (χ0v) is 10.7. The summed E-state index contributed by atoms with van der Waals surface area (Å²) in [7, 11) is 0. The van der Waals surface area contributed by atoms with E-state index in [-0.39, 0.29) is 27.6 Å². The molecule has 0 aliphatic carbocycles. The number of halogens is 4. The Morgan fingerprint density at radius 2 is 2.05 bits per heavy atom. The van der Waals surface area contributed by atoms with Crippen molar-refractivity contribution in [1.29, 1.82) is 0 Å². The first-order valence-electron chi connectivity index (χ1n) is 5.26. The first-order valence-corrected chi connectivity index (χ1v) is 5.64. The number of hydrogen-bond acceptors (Lipinski definition) is 4. The van der Waals surface area contributed by atoms with Gasteiger partial charge >= 0.3 is 6.18 Å². The number of benzene rings is 1. The van der Waals surface area contributed by atoms with Crippen LogP contribution < -0.4 is 5.11 Å². The Kier molecular flexibility index (Phi) is 3.47. The van der Waals surface area contributed by atoms with Crippen molar-refractivity contribution in [2.24, 2.45) is 0 Å². The number of carboxylic acids is 1. The molecule has 0 N–H and O–H groups in total. The fraction of sp³-hybridized carbons (Fsp3) is 0.167. The van der Waals surface area contributed by atoms with Crippen LogP contribution in [0.15, 0.2) is 22.7 Å². The summed E-state index contributed by atoms with van der Waals surface area (Å²) in [5.74, 6) is -1.56. The summed E-state index contributed by atoms with van der Waals surface area (Å²) >= 11 is 5.76. The standard InChI is InChI=1S/C12H7ClF3NO3/c1-5-9(11(18)19)10(17-20-5)7-3-2-6(4-8(7)13)12(14,15)16/h2-4H,1H3,(H,18,19)/p-1. The van der Waals surface area contributed by atoms with E-state index >= 15 is 0 Å². The van der Waals surface area contributed by atoms with E-state index in [9.17, 15) is 23.1 Å². The molecule has 2 rings (SSSR count). The highest BCUT2D eigenvalue weighted by Crippen LogP contribution is 2.36. The monoisotopic (exact) mass is 304 g/mol. The second-order valence-corrected chi connectivity index (χ2v) is 4.35. The van der Waals surface area contributed by atoms with Gasteiger partial charge in [-0.25, -0.2) is 0 Å². The number of nitrogens with zero attached hydrogens (tertiary/aromatic N) is 1. The van der Waals surface area contributed by atoms with Gasteiger partial charge in [0.25, 0.3) is 0 Å². The van der Waals surface area contributed by atoms with Gasteiger partial charge in [0.2, 0.25) is 0 Å². The van der Waals surface area contributed by atoms with Crippen molar-refractivity contribution in [2.75, 3.05) is 0 Å². The highest BCUT2D eigenvalue weighted by atomic mass is 35.5. The predicted octanol–water partition coefficient (Wildman–Crippen LogP) is 2.69. The molecule has 0 fully saturated rings. The van der Waals surface area contributed by atoms with Crippen LogP contribution in [0.25, 0.3) is 11.3 Å². The van der Waals surface area contributed by atoms with Gasteiger partial charge in [0.05, 0.1) is 22.1 Å². The Labute approximate surface area is 115 Å². The minimum Gasteiger partial charge on any atom is -0.545 e. The molecule has 4 nitrogen and oxygen atoms in total. The maximum Gasteiger partial charge on any atom is 0.416 e. The van der Waals surface area contributed by atoms with Crippen LogP contribution in [0.5, 0.6) is 0 Å². The van der Waals surface area contributed by atoms with Crippen molar-refractivity contribution < 1.29 is 27.6 Å². The lowest BCUT2D eigenvalue weighted by molar-refractivity contribution is -0.255. The molecule has 0 amide bonds. The van der Waals surface area contributed by atoms with Crippen LogP contribution in [-0.2, 0) is 6.18 Å². The minimum atomic E-state index is -4.54. The van der Waals surface area contributed by atoms with Crippen LogP contribution in [0.2, 0.25) is 5.02 Å². The average molecular weight is 305 g/mol. The number of hydrogen-bond donors (Lipinski definition) is 0. The van der Waals surface area contributed by atoms with Crippen molar-refractivity contribution in [3.8, 4) is 11.3 Å². The second kappa shape index (κ2) is 4.82. The Bertz CT molecular complexity index is 679. The van der Waals surface area contributed by atoms with Gasteiger partial charge in [0.1, 0.15) is 11.5 Å². The molecule has 0 saturated heterocycles. The normalized spacial score (nSPS) is 11.7. The third-order valence-electron chi connectivity index (χ3n) is 2.62. The van der Waals surface area contributed by atoms with Crippen molar-refractivity contribution >= 4 is 17.6 Å². The summed E-state index contributed by atoms with van der Waals surface area (Å²) in [6, 6.07) is 2.51. The molecular formula is C12H6ClF3NO3-. The van der Waals surface area contributed by atoms with Gasteiger partial charge in [-0.2, -0.15) is 13.2 Å². The van der Waals surface area contributed by atoms with Gasteiger partial charge in [-0.3, -0.25) is 0 Å². The van der Waals surface area contributed by atoms with Crippen molar-refractivity contribution in [3.05, 3.63) is 40.1 Å². The van der Waals surface area contributed by atoms with Gasteiger partial charge in [-0.15, -0.1) is 0 Å². The van der Waals surface area contributed by atoms with Gasteiger partial charge in [-0.05, 0) is 19.1 Å². The summed E-state index contributed by atoms with van der Waals surface area (Å²) < 4.78 is 42.3. The molecule has 2 aromatic rings. The zero-order chi connectivity index (χ0) is 15.1. The van der Waals surface area contributed by atoms with Crippen molar-refractivity contribution in [3.63, 3.8) is 0 Å². The lowest BCUT2D eigenvalue weighted by Gasteiger charge is -2.09. The van der Waals surface area contributed by atoms with Gasteiger partial charge in [0, 0.05) is 5.56 Å². The first-order chi connectivity index (χ1) is 9.21.